The maximum Gasteiger partial charge on any atom is 0.283 e. The molecule has 0 radical (unpaired) electrons. The van der Waals surface area contributed by atoms with Gasteiger partial charge in [-0.1, -0.05) is 62.4 Å². The summed E-state index contributed by atoms with van der Waals surface area (Å²) in [5.74, 6) is 3.13. The van der Waals surface area contributed by atoms with Crippen molar-refractivity contribution in [2.45, 2.75) is 45.1 Å². The van der Waals surface area contributed by atoms with Crippen molar-refractivity contribution in [3.05, 3.63) is 78.2 Å². The van der Waals surface area contributed by atoms with Gasteiger partial charge in [0.1, 0.15) is 24.0 Å². The zero-order valence-electron chi connectivity index (χ0n) is 22.5. The summed E-state index contributed by atoms with van der Waals surface area (Å²) < 4.78 is 17.8. The Kier molecular flexibility index (Phi) is 7.35. The summed E-state index contributed by atoms with van der Waals surface area (Å²) in [6.07, 6.45) is 2.33. The molecule has 0 amide bonds. The van der Waals surface area contributed by atoms with Crippen molar-refractivity contribution in [1.29, 1.82) is 0 Å². The second-order valence-corrected chi connectivity index (χ2v) is 11.0. The Labute approximate surface area is 228 Å². The van der Waals surface area contributed by atoms with Crippen molar-refractivity contribution in [3.63, 3.8) is 0 Å². The third kappa shape index (κ3) is 5.84. The van der Waals surface area contributed by atoms with Gasteiger partial charge in [-0.05, 0) is 66.2 Å². The van der Waals surface area contributed by atoms with Crippen LogP contribution in [0.25, 0.3) is 33.4 Å². The zero-order valence-corrected chi connectivity index (χ0v) is 22.5. The number of aromatic nitrogens is 2. The SMILES string of the molecule is CC(C)Cc1nnc(-c2cc3c(OC[C@@H](O)CN4CCC(c5ccc6ccccc6c5)CC4)cccc3o2)o1. The van der Waals surface area contributed by atoms with Crippen LogP contribution in [0.4, 0.5) is 0 Å². The fraction of sp³-hybridized carbons (Fsp3) is 0.375. The Balaban J connectivity index is 1.03. The lowest BCUT2D eigenvalue weighted by atomic mass is 9.88. The summed E-state index contributed by atoms with van der Waals surface area (Å²) in [6, 6.07) is 22.9. The van der Waals surface area contributed by atoms with Crippen molar-refractivity contribution in [2.24, 2.45) is 5.92 Å². The molecule has 6 rings (SSSR count). The van der Waals surface area contributed by atoms with Gasteiger partial charge in [-0.25, -0.2) is 0 Å². The van der Waals surface area contributed by atoms with Crippen LogP contribution in [0.2, 0.25) is 0 Å². The molecule has 1 saturated heterocycles. The summed E-state index contributed by atoms with van der Waals surface area (Å²) in [5.41, 5.74) is 2.10. The topological polar surface area (TPSA) is 84.8 Å². The summed E-state index contributed by atoms with van der Waals surface area (Å²) >= 11 is 0. The van der Waals surface area contributed by atoms with Crippen molar-refractivity contribution in [1.82, 2.24) is 15.1 Å². The Morgan fingerprint density at radius 3 is 2.59 bits per heavy atom. The Bertz CT molecular complexity index is 1550. The van der Waals surface area contributed by atoms with E-state index in [1.54, 1.807) is 0 Å². The van der Waals surface area contributed by atoms with Gasteiger partial charge in [0.05, 0.1) is 5.39 Å². The standard InChI is InChI=1S/C32H35N3O4/c1-21(2)16-31-33-34-32(39-31)30-18-27-28(8-5-9-29(27)38-30)37-20-26(36)19-35-14-12-23(13-15-35)25-11-10-22-6-3-4-7-24(22)17-25/h3-11,17-18,21,23,26,36H,12-16,19-20H2,1-2H3/t26-/m0/s1. The van der Waals surface area contributed by atoms with Crippen molar-refractivity contribution in [3.8, 4) is 17.4 Å². The highest BCUT2D eigenvalue weighted by Gasteiger charge is 2.23. The summed E-state index contributed by atoms with van der Waals surface area (Å²) in [7, 11) is 0. The molecular weight excluding hydrogens is 490 g/mol. The first kappa shape index (κ1) is 25.6. The van der Waals surface area contributed by atoms with Crippen LogP contribution in [-0.4, -0.2) is 52.5 Å². The molecule has 39 heavy (non-hydrogen) atoms. The minimum absolute atomic E-state index is 0.212. The van der Waals surface area contributed by atoms with E-state index in [2.05, 4.69) is 71.4 Å². The molecular formula is C32H35N3O4. The van der Waals surface area contributed by atoms with Gasteiger partial charge in [0, 0.05) is 19.0 Å². The molecule has 0 saturated carbocycles. The first-order valence-corrected chi connectivity index (χ1v) is 13.9. The Hall–Kier alpha value is -3.68. The van der Waals surface area contributed by atoms with E-state index in [4.69, 9.17) is 13.6 Å². The van der Waals surface area contributed by atoms with Crippen LogP contribution in [-0.2, 0) is 6.42 Å². The van der Waals surface area contributed by atoms with Crippen LogP contribution in [0.3, 0.4) is 0 Å². The number of fused-ring (bicyclic) bond motifs is 2. The molecule has 3 heterocycles. The first-order valence-electron chi connectivity index (χ1n) is 13.9. The summed E-state index contributed by atoms with van der Waals surface area (Å²) in [6.45, 7) is 6.96. The molecule has 0 unspecified atom stereocenters. The molecule has 0 aliphatic carbocycles. The van der Waals surface area contributed by atoms with Crippen LogP contribution < -0.4 is 4.74 Å². The van der Waals surface area contributed by atoms with E-state index in [9.17, 15) is 5.11 Å². The fourth-order valence-electron chi connectivity index (χ4n) is 5.50. The number of likely N-dealkylation sites (tertiary alicyclic amines) is 1. The second-order valence-electron chi connectivity index (χ2n) is 11.0. The van der Waals surface area contributed by atoms with Gasteiger partial charge >= 0.3 is 0 Å². The smallest absolute Gasteiger partial charge is 0.283 e. The number of hydrogen-bond acceptors (Lipinski definition) is 7. The largest absolute Gasteiger partial charge is 0.490 e. The lowest BCUT2D eigenvalue weighted by molar-refractivity contribution is 0.0599. The van der Waals surface area contributed by atoms with E-state index >= 15 is 0 Å². The highest BCUT2D eigenvalue weighted by molar-refractivity contribution is 5.87. The van der Waals surface area contributed by atoms with Crippen LogP contribution >= 0.6 is 0 Å². The minimum Gasteiger partial charge on any atom is -0.490 e. The molecule has 7 nitrogen and oxygen atoms in total. The number of nitrogens with zero attached hydrogens (tertiary/aromatic N) is 3. The maximum absolute atomic E-state index is 10.8. The van der Waals surface area contributed by atoms with Crippen molar-refractivity contribution >= 4 is 21.7 Å². The van der Waals surface area contributed by atoms with Gasteiger partial charge in [0.15, 0.2) is 5.76 Å². The highest BCUT2D eigenvalue weighted by atomic mass is 16.5. The number of benzene rings is 3. The Morgan fingerprint density at radius 2 is 1.77 bits per heavy atom. The van der Waals surface area contributed by atoms with E-state index in [0.29, 0.717) is 47.3 Å². The second kappa shape index (κ2) is 11.2. The van der Waals surface area contributed by atoms with Crippen LogP contribution in [0.1, 0.15) is 44.1 Å². The van der Waals surface area contributed by atoms with E-state index in [1.165, 1.54) is 16.3 Å². The fourth-order valence-corrected chi connectivity index (χ4v) is 5.50. The number of β-amino-alcohol motifs (C(OH)–C–C–N with tert-alkyl or cyclic N) is 1. The molecule has 7 heteroatoms. The number of furan rings is 1. The molecule has 3 aromatic carbocycles. The normalized spacial score (nSPS) is 15.9. The van der Waals surface area contributed by atoms with Crippen molar-refractivity contribution < 1.29 is 18.7 Å². The van der Waals surface area contributed by atoms with Gasteiger partial charge in [0.25, 0.3) is 5.89 Å². The number of aliphatic hydroxyl groups is 1. The average molecular weight is 526 g/mol. The monoisotopic (exact) mass is 525 g/mol. The molecule has 1 aliphatic rings. The van der Waals surface area contributed by atoms with Crippen molar-refractivity contribution in [2.75, 3.05) is 26.2 Å². The average Bonchev–Trinajstić information content (AvgIpc) is 3.59. The van der Waals surface area contributed by atoms with E-state index < -0.39 is 6.10 Å². The predicted octanol–water partition coefficient (Wildman–Crippen LogP) is 6.45. The van der Waals surface area contributed by atoms with Gasteiger partial charge in [0.2, 0.25) is 5.89 Å². The first-order chi connectivity index (χ1) is 19.0. The van der Waals surface area contributed by atoms with Gasteiger partial charge in [-0.15, -0.1) is 10.2 Å². The quantitative estimate of drug-likeness (QED) is 0.237. The third-order valence-corrected chi connectivity index (χ3v) is 7.51. The molecule has 1 fully saturated rings. The zero-order chi connectivity index (χ0) is 26.8. The van der Waals surface area contributed by atoms with Gasteiger partial charge in [-0.2, -0.15) is 0 Å². The maximum atomic E-state index is 10.8. The molecule has 0 spiro atoms. The third-order valence-electron chi connectivity index (χ3n) is 7.51. The number of piperidine rings is 1. The van der Waals surface area contributed by atoms with Crippen LogP contribution in [0.15, 0.2) is 75.6 Å². The molecule has 5 aromatic rings. The van der Waals surface area contributed by atoms with Gasteiger partial charge in [-0.3, -0.25) is 0 Å². The molecule has 202 valence electrons. The van der Waals surface area contributed by atoms with E-state index in [1.807, 2.05) is 24.3 Å². The number of aliphatic hydroxyl groups excluding tert-OH is 1. The number of hydrogen-bond donors (Lipinski definition) is 1. The van der Waals surface area contributed by atoms with E-state index in [-0.39, 0.29) is 6.61 Å². The van der Waals surface area contributed by atoms with E-state index in [0.717, 1.165) is 37.7 Å². The molecule has 1 N–H and O–H groups in total. The van der Waals surface area contributed by atoms with Crippen LogP contribution in [0.5, 0.6) is 5.75 Å². The predicted molar refractivity (Wildman–Crippen MR) is 152 cm³/mol. The van der Waals surface area contributed by atoms with Gasteiger partial charge < -0.3 is 23.6 Å². The van der Waals surface area contributed by atoms with Crippen LogP contribution in [0, 0.1) is 5.92 Å². The molecule has 1 aliphatic heterocycles. The number of ether oxygens (including phenoxy) is 1. The molecule has 1 atom stereocenters. The molecule has 0 bridgehead atoms. The molecule has 2 aromatic heterocycles. The minimum atomic E-state index is -0.585. The lowest BCUT2D eigenvalue weighted by Crippen LogP contribution is -2.40. The number of rotatable bonds is 9. The highest BCUT2D eigenvalue weighted by Crippen LogP contribution is 2.34. The summed E-state index contributed by atoms with van der Waals surface area (Å²) in [4.78, 5) is 2.34. The lowest BCUT2D eigenvalue weighted by Gasteiger charge is -2.33. The summed E-state index contributed by atoms with van der Waals surface area (Å²) in [5, 5.41) is 22.5. The Morgan fingerprint density at radius 1 is 0.949 bits per heavy atom.